The van der Waals surface area contributed by atoms with Crippen molar-refractivity contribution in [2.75, 3.05) is 0 Å². The normalized spacial score (nSPS) is 11.4. The van der Waals surface area contributed by atoms with Crippen LogP contribution in [0.2, 0.25) is 0 Å². The third kappa shape index (κ3) is 2.27. The van der Waals surface area contributed by atoms with Crippen LogP contribution in [0.1, 0.15) is 16.1 Å². The first-order chi connectivity index (χ1) is 5.91. The Morgan fingerprint density at radius 1 is 1.46 bits per heavy atom. The molecule has 13 heavy (non-hydrogen) atoms. The van der Waals surface area contributed by atoms with Crippen molar-refractivity contribution in [3.05, 3.63) is 29.6 Å². The maximum absolute atomic E-state index is 11.9. The number of pyridine rings is 1. The van der Waals surface area contributed by atoms with E-state index >= 15 is 0 Å². The lowest BCUT2D eigenvalue weighted by Crippen LogP contribution is -2.22. The van der Waals surface area contributed by atoms with E-state index in [1.54, 1.807) is 0 Å². The van der Waals surface area contributed by atoms with E-state index in [0.717, 1.165) is 12.1 Å². The Hall–Kier alpha value is -1.39. The number of aromatic nitrogens is 1. The number of alkyl halides is 3. The molecule has 0 aliphatic carbocycles. The van der Waals surface area contributed by atoms with Gasteiger partial charge in [-0.2, -0.15) is 13.2 Å². The van der Waals surface area contributed by atoms with Crippen LogP contribution < -0.4 is 0 Å². The van der Waals surface area contributed by atoms with Crippen LogP contribution in [-0.2, 0) is 0 Å². The summed E-state index contributed by atoms with van der Waals surface area (Å²) in [4.78, 5) is 14.4. The van der Waals surface area contributed by atoms with Gasteiger partial charge in [-0.05, 0) is 19.1 Å². The van der Waals surface area contributed by atoms with Gasteiger partial charge in [0.25, 0.3) is 5.78 Å². The summed E-state index contributed by atoms with van der Waals surface area (Å²) in [5.41, 5.74) is 0.00935. The molecule has 0 aliphatic rings. The van der Waals surface area contributed by atoms with Crippen molar-refractivity contribution in [1.29, 1.82) is 0 Å². The minimum atomic E-state index is -4.81. The summed E-state index contributed by atoms with van der Waals surface area (Å²) >= 11 is 0. The molecule has 0 bridgehead atoms. The van der Waals surface area contributed by atoms with Gasteiger partial charge in [0, 0.05) is 17.5 Å². The van der Waals surface area contributed by atoms with Crippen LogP contribution in [0, 0.1) is 6.92 Å². The lowest BCUT2D eigenvalue weighted by atomic mass is 10.1. The van der Waals surface area contributed by atoms with E-state index in [2.05, 4.69) is 4.98 Å². The zero-order valence-corrected chi connectivity index (χ0v) is 6.72. The third-order valence-electron chi connectivity index (χ3n) is 1.42. The number of ketones is 1. The summed E-state index contributed by atoms with van der Waals surface area (Å²) in [6.45, 7) is 1.52. The summed E-state index contributed by atoms with van der Waals surface area (Å²) in [6, 6.07) is 2.15. The Morgan fingerprint density at radius 3 is 2.54 bits per heavy atom. The third-order valence-corrected chi connectivity index (χ3v) is 1.42. The van der Waals surface area contributed by atoms with Crippen LogP contribution >= 0.6 is 0 Å². The zero-order valence-electron chi connectivity index (χ0n) is 6.72. The fourth-order valence-electron chi connectivity index (χ4n) is 0.850. The van der Waals surface area contributed by atoms with Crippen LogP contribution in [0.25, 0.3) is 0 Å². The average molecular weight is 189 g/mol. The lowest BCUT2D eigenvalue weighted by Gasteiger charge is -2.04. The fraction of sp³-hybridized carbons (Fsp3) is 0.250. The molecular weight excluding hydrogens is 183 g/mol. The van der Waals surface area contributed by atoms with Crippen molar-refractivity contribution < 1.29 is 18.0 Å². The molecule has 0 radical (unpaired) electrons. The van der Waals surface area contributed by atoms with Crippen LogP contribution in [0.4, 0.5) is 13.2 Å². The molecular formula is C8H6F3NO. The highest BCUT2D eigenvalue weighted by atomic mass is 19.4. The van der Waals surface area contributed by atoms with Gasteiger partial charge in [0.15, 0.2) is 0 Å². The van der Waals surface area contributed by atoms with Crippen molar-refractivity contribution in [1.82, 2.24) is 4.98 Å². The summed E-state index contributed by atoms with van der Waals surface area (Å²) < 4.78 is 35.7. The zero-order chi connectivity index (χ0) is 10.1. The highest BCUT2D eigenvalue weighted by Gasteiger charge is 2.39. The second-order valence-electron chi connectivity index (χ2n) is 2.51. The molecule has 1 rings (SSSR count). The number of halogens is 3. The highest BCUT2D eigenvalue weighted by Crippen LogP contribution is 2.21. The predicted molar refractivity (Wildman–Crippen MR) is 39.4 cm³/mol. The molecule has 0 amide bonds. The first kappa shape index (κ1) is 9.70. The minimum absolute atomic E-state index is 0.375. The Labute approximate surface area is 72.4 Å². The van der Waals surface area contributed by atoms with Crippen LogP contribution in [-0.4, -0.2) is 16.9 Å². The Morgan fingerprint density at radius 2 is 2.08 bits per heavy atom. The number of nitrogens with zero attached hydrogens (tertiary/aromatic N) is 1. The summed E-state index contributed by atoms with van der Waals surface area (Å²) in [5.74, 6) is -1.84. The van der Waals surface area contributed by atoms with E-state index in [-0.39, 0.29) is 5.56 Å². The lowest BCUT2D eigenvalue weighted by molar-refractivity contribution is -0.0885. The summed E-state index contributed by atoms with van der Waals surface area (Å²) in [5, 5.41) is 0. The molecule has 70 valence electrons. The second-order valence-corrected chi connectivity index (χ2v) is 2.51. The molecule has 0 saturated carbocycles. The fourth-order valence-corrected chi connectivity index (χ4v) is 0.850. The smallest absolute Gasteiger partial charge is 0.284 e. The van der Waals surface area contributed by atoms with E-state index in [1.807, 2.05) is 0 Å². The van der Waals surface area contributed by atoms with Crippen molar-refractivity contribution in [2.24, 2.45) is 0 Å². The van der Waals surface area contributed by atoms with E-state index in [0.29, 0.717) is 5.69 Å². The molecule has 0 aliphatic heterocycles. The maximum Gasteiger partial charge on any atom is 0.454 e. The van der Waals surface area contributed by atoms with Crippen molar-refractivity contribution >= 4 is 5.78 Å². The van der Waals surface area contributed by atoms with Gasteiger partial charge in [-0.15, -0.1) is 0 Å². The number of carbonyl (C=O) groups excluding carboxylic acids is 1. The Balaban J connectivity index is 3.03. The molecule has 0 spiro atoms. The molecule has 0 atom stereocenters. The van der Waals surface area contributed by atoms with Gasteiger partial charge in [-0.1, -0.05) is 0 Å². The molecule has 1 aromatic heterocycles. The van der Waals surface area contributed by atoms with Gasteiger partial charge in [-0.3, -0.25) is 9.78 Å². The standard InChI is InChI=1S/C8H6F3NO/c1-5-4-6(2-3-12-5)7(13)8(9,10)11/h2-4H,1H3. The number of hydrogen-bond acceptors (Lipinski definition) is 2. The number of Topliss-reactive ketones (excluding diaryl/α,β-unsaturated/α-hetero) is 1. The molecule has 0 unspecified atom stereocenters. The number of rotatable bonds is 1. The first-order valence-corrected chi connectivity index (χ1v) is 3.45. The monoisotopic (exact) mass is 189 g/mol. The van der Waals surface area contributed by atoms with Crippen molar-refractivity contribution in [2.45, 2.75) is 13.1 Å². The molecule has 0 saturated heterocycles. The largest absolute Gasteiger partial charge is 0.454 e. The molecule has 0 N–H and O–H groups in total. The number of hydrogen-bond donors (Lipinski definition) is 0. The minimum Gasteiger partial charge on any atom is -0.284 e. The number of aryl methyl sites for hydroxylation is 1. The van der Waals surface area contributed by atoms with Gasteiger partial charge in [0.05, 0.1) is 0 Å². The van der Waals surface area contributed by atoms with Crippen molar-refractivity contribution in [3.63, 3.8) is 0 Å². The highest BCUT2D eigenvalue weighted by molar-refractivity contribution is 6.00. The Bertz CT molecular complexity index is 332. The van der Waals surface area contributed by atoms with E-state index in [9.17, 15) is 18.0 Å². The van der Waals surface area contributed by atoms with Crippen LogP contribution in [0.5, 0.6) is 0 Å². The van der Waals surface area contributed by atoms with Gasteiger partial charge in [0.2, 0.25) is 0 Å². The van der Waals surface area contributed by atoms with E-state index in [4.69, 9.17) is 0 Å². The van der Waals surface area contributed by atoms with Crippen LogP contribution in [0.3, 0.4) is 0 Å². The van der Waals surface area contributed by atoms with Gasteiger partial charge < -0.3 is 0 Å². The molecule has 0 aromatic carbocycles. The molecule has 2 nitrogen and oxygen atoms in total. The van der Waals surface area contributed by atoms with E-state index in [1.165, 1.54) is 13.1 Å². The predicted octanol–water partition coefficient (Wildman–Crippen LogP) is 2.14. The molecule has 1 aromatic rings. The van der Waals surface area contributed by atoms with Crippen LogP contribution in [0.15, 0.2) is 18.3 Å². The topological polar surface area (TPSA) is 30.0 Å². The number of carbonyl (C=O) groups is 1. The molecule has 0 fully saturated rings. The Kier molecular flexibility index (Phi) is 2.36. The maximum atomic E-state index is 11.9. The van der Waals surface area contributed by atoms with Gasteiger partial charge in [-0.25, -0.2) is 0 Å². The molecule has 1 heterocycles. The van der Waals surface area contributed by atoms with E-state index < -0.39 is 12.0 Å². The first-order valence-electron chi connectivity index (χ1n) is 3.45. The van der Waals surface area contributed by atoms with Gasteiger partial charge in [0.1, 0.15) is 0 Å². The summed E-state index contributed by atoms with van der Waals surface area (Å²) in [6.07, 6.45) is -3.64. The summed E-state index contributed by atoms with van der Waals surface area (Å²) in [7, 11) is 0. The second kappa shape index (κ2) is 3.16. The quantitative estimate of drug-likeness (QED) is 0.633. The van der Waals surface area contributed by atoms with Gasteiger partial charge >= 0.3 is 6.18 Å². The molecule has 5 heteroatoms. The van der Waals surface area contributed by atoms with Crippen molar-refractivity contribution in [3.8, 4) is 0 Å². The average Bonchev–Trinajstić information content (AvgIpc) is 2.01. The SMILES string of the molecule is Cc1cc(C(=O)C(F)(F)F)ccn1.